The summed E-state index contributed by atoms with van der Waals surface area (Å²) in [6, 6.07) is 10.6. The molecule has 1 N–H and O–H groups in total. The number of carbonyl (C=O) groups excluding carboxylic acids is 1. The minimum Gasteiger partial charge on any atom is -1.00 e. The smallest absolute Gasteiger partial charge is 1.00 e. The number of aromatic nitrogens is 3. The third kappa shape index (κ3) is 3.60. The Hall–Kier alpha value is -0.944. The maximum absolute atomic E-state index is 12.6. The Bertz CT molecular complexity index is 1000. The van der Waals surface area contributed by atoms with Gasteiger partial charge in [-0.25, -0.2) is 0 Å². The van der Waals surface area contributed by atoms with Crippen LogP contribution in [0.4, 0.5) is 0 Å². The molecule has 0 radical (unpaired) electrons. The standard InChI is InChI=1S/C14H11N3O4S.K.H/c1-9-6-7-12-11(8-9)15-16-17(12)14(18)10-4-2-3-5-13(10)22(19,20)21;;/h2-8H,1H3,(H,19,20,21);;/q;+1;-1. The van der Waals surface area contributed by atoms with Crippen LogP contribution in [-0.4, -0.2) is 33.9 Å². The summed E-state index contributed by atoms with van der Waals surface area (Å²) in [6.45, 7) is 1.88. The van der Waals surface area contributed by atoms with Gasteiger partial charge in [-0.3, -0.25) is 9.35 Å². The van der Waals surface area contributed by atoms with E-state index in [0.717, 1.165) is 16.3 Å². The zero-order chi connectivity index (χ0) is 15.9. The van der Waals surface area contributed by atoms with E-state index in [9.17, 15) is 17.8 Å². The summed E-state index contributed by atoms with van der Waals surface area (Å²) in [5.74, 6) is -0.681. The van der Waals surface area contributed by atoms with E-state index in [1.54, 1.807) is 18.2 Å². The molecule has 1 aromatic heterocycles. The molecule has 0 fully saturated rings. The molecule has 0 bridgehead atoms. The van der Waals surface area contributed by atoms with Gasteiger partial charge in [-0.2, -0.15) is 13.1 Å². The van der Waals surface area contributed by atoms with Crippen LogP contribution < -0.4 is 51.4 Å². The van der Waals surface area contributed by atoms with E-state index in [1.165, 1.54) is 18.2 Å². The molecule has 9 heteroatoms. The maximum atomic E-state index is 12.6. The molecule has 2 aromatic carbocycles. The number of nitrogens with zero attached hydrogens (tertiary/aromatic N) is 3. The molecule has 0 amide bonds. The third-order valence-corrected chi connectivity index (χ3v) is 4.10. The molecular formula is C14H12KN3O4S. The van der Waals surface area contributed by atoms with E-state index in [-0.39, 0.29) is 58.4 Å². The van der Waals surface area contributed by atoms with Crippen molar-refractivity contribution in [1.29, 1.82) is 0 Å². The van der Waals surface area contributed by atoms with E-state index in [0.29, 0.717) is 11.0 Å². The zero-order valence-corrected chi connectivity index (χ0v) is 16.4. The van der Waals surface area contributed by atoms with E-state index in [2.05, 4.69) is 10.3 Å². The number of carbonyl (C=O) groups is 1. The first-order valence-electron chi connectivity index (χ1n) is 6.31. The van der Waals surface area contributed by atoms with Gasteiger partial charge in [0.2, 0.25) is 0 Å². The van der Waals surface area contributed by atoms with Gasteiger partial charge in [-0.05, 0) is 36.8 Å². The molecule has 0 unspecified atom stereocenters. The van der Waals surface area contributed by atoms with Crippen molar-refractivity contribution < 1.29 is 70.6 Å². The summed E-state index contributed by atoms with van der Waals surface area (Å²) in [5.41, 5.74) is 1.78. The second-order valence-electron chi connectivity index (χ2n) is 4.77. The van der Waals surface area contributed by atoms with Crippen LogP contribution in [0.2, 0.25) is 0 Å². The van der Waals surface area contributed by atoms with Crippen LogP contribution in [0.3, 0.4) is 0 Å². The number of rotatable bonds is 2. The van der Waals surface area contributed by atoms with Crippen molar-refractivity contribution in [3.8, 4) is 0 Å². The average Bonchev–Trinajstić information content (AvgIpc) is 2.88. The summed E-state index contributed by atoms with van der Waals surface area (Å²) in [5, 5.41) is 7.67. The van der Waals surface area contributed by atoms with Crippen LogP contribution in [0, 0.1) is 6.92 Å². The summed E-state index contributed by atoms with van der Waals surface area (Å²) in [6.07, 6.45) is 0. The molecule has 1 heterocycles. The molecule has 0 atom stereocenters. The Kier molecular flexibility index (Phi) is 5.51. The fraction of sp³-hybridized carbons (Fsp3) is 0.0714. The first-order chi connectivity index (χ1) is 10.4. The molecule has 0 aliphatic heterocycles. The van der Waals surface area contributed by atoms with E-state index in [1.807, 2.05) is 6.92 Å². The fourth-order valence-corrected chi connectivity index (χ4v) is 2.85. The molecule has 3 aromatic rings. The van der Waals surface area contributed by atoms with E-state index >= 15 is 0 Å². The van der Waals surface area contributed by atoms with Crippen molar-refractivity contribution in [3.05, 3.63) is 53.6 Å². The molecule has 3 rings (SSSR count). The predicted molar refractivity (Wildman–Crippen MR) is 79.4 cm³/mol. The van der Waals surface area contributed by atoms with Crippen LogP contribution in [0.15, 0.2) is 47.4 Å². The summed E-state index contributed by atoms with van der Waals surface area (Å²) >= 11 is 0. The largest absolute Gasteiger partial charge is 1.00 e. The molecular weight excluding hydrogens is 345 g/mol. The molecule has 0 saturated carbocycles. The molecule has 0 aliphatic rings. The van der Waals surface area contributed by atoms with Crippen molar-refractivity contribution in [2.24, 2.45) is 0 Å². The van der Waals surface area contributed by atoms with Crippen molar-refractivity contribution in [1.82, 2.24) is 15.0 Å². The number of benzene rings is 2. The number of aryl methyl sites for hydroxylation is 1. The minimum atomic E-state index is -4.51. The fourth-order valence-electron chi connectivity index (χ4n) is 2.17. The van der Waals surface area contributed by atoms with Gasteiger partial charge in [0, 0.05) is 0 Å². The first kappa shape index (κ1) is 18.4. The average molecular weight is 357 g/mol. The maximum Gasteiger partial charge on any atom is 1.00 e. The summed E-state index contributed by atoms with van der Waals surface area (Å²) in [4.78, 5) is 12.1. The first-order valence-corrected chi connectivity index (χ1v) is 7.75. The summed E-state index contributed by atoms with van der Waals surface area (Å²) < 4.78 is 33.0. The van der Waals surface area contributed by atoms with Crippen molar-refractivity contribution in [2.45, 2.75) is 11.8 Å². The minimum absolute atomic E-state index is 0. The van der Waals surface area contributed by atoms with Gasteiger partial charge in [0.15, 0.2) is 0 Å². The van der Waals surface area contributed by atoms with E-state index in [4.69, 9.17) is 0 Å². The number of hydrogen-bond donors (Lipinski definition) is 1. The molecule has 114 valence electrons. The Morgan fingerprint density at radius 2 is 1.91 bits per heavy atom. The molecule has 23 heavy (non-hydrogen) atoms. The number of hydrogen-bond acceptors (Lipinski definition) is 5. The topological polar surface area (TPSA) is 102 Å². The van der Waals surface area contributed by atoms with E-state index < -0.39 is 20.9 Å². The van der Waals surface area contributed by atoms with Crippen LogP contribution in [-0.2, 0) is 10.1 Å². The van der Waals surface area contributed by atoms with Gasteiger partial charge in [0.25, 0.3) is 16.0 Å². The van der Waals surface area contributed by atoms with Gasteiger partial charge in [0.1, 0.15) is 10.4 Å². The van der Waals surface area contributed by atoms with Crippen LogP contribution in [0.5, 0.6) is 0 Å². The monoisotopic (exact) mass is 357 g/mol. The van der Waals surface area contributed by atoms with Crippen LogP contribution >= 0.6 is 0 Å². The Morgan fingerprint density at radius 1 is 1.22 bits per heavy atom. The van der Waals surface area contributed by atoms with Gasteiger partial charge < -0.3 is 1.43 Å². The molecule has 7 nitrogen and oxygen atoms in total. The van der Waals surface area contributed by atoms with Crippen molar-refractivity contribution >= 4 is 27.1 Å². The Morgan fingerprint density at radius 3 is 2.61 bits per heavy atom. The number of fused-ring (bicyclic) bond motifs is 1. The van der Waals surface area contributed by atoms with Crippen molar-refractivity contribution in [2.75, 3.05) is 0 Å². The second-order valence-corrected chi connectivity index (χ2v) is 6.16. The van der Waals surface area contributed by atoms with Gasteiger partial charge in [-0.15, -0.1) is 5.10 Å². The molecule has 0 spiro atoms. The Labute approximate surface area is 176 Å². The normalized spacial score (nSPS) is 11.2. The van der Waals surface area contributed by atoms with Gasteiger partial charge >= 0.3 is 51.4 Å². The van der Waals surface area contributed by atoms with Crippen LogP contribution in [0.1, 0.15) is 17.3 Å². The Balaban J connectivity index is 0.00000144. The summed E-state index contributed by atoms with van der Waals surface area (Å²) in [7, 11) is -4.51. The second kappa shape index (κ2) is 6.89. The quantitative estimate of drug-likeness (QED) is 0.456. The van der Waals surface area contributed by atoms with Crippen molar-refractivity contribution in [3.63, 3.8) is 0 Å². The molecule has 0 saturated heterocycles. The predicted octanol–water partition coefficient (Wildman–Crippen LogP) is -1.21. The van der Waals surface area contributed by atoms with Gasteiger partial charge in [-0.1, -0.05) is 23.4 Å². The van der Waals surface area contributed by atoms with Gasteiger partial charge in [0.05, 0.1) is 11.1 Å². The zero-order valence-electron chi connectivity index (χ0n) is 13.5. The third-order valence-electron chi connectivity index (χ3n) is 3.19. The molecule has 0 aliphatic carbocycles. The van der Waals surface area contributed by atoms with Crippen LogP contribution in [0.25, 0.3) is 11.0 Å². The SMILES string of the molecule is Cc1ccc2c(c1)nnn2C(=O)c1ccccc1S(=O)(=O)O.[H-].[K+].